The Labute approximate surface area is 152 Å². The van der Waals surface area contributed by atoms with E-state index in [-0.39, 0.29) is 5.91 Å². The first-order valence-corrected chi connectivity index (χ1v) is 9.04. The third-order valence-corrected chi connectivity index (χ3v) is 5.33. The summed E-state index contributed by atoms with van der Waals surface area (Å²) in [6.07, 6.45) is 0. The summed E-state index contributed by atoms with van der Waals surface area (Å²) in [5.41, 5.74) is 1.74. The van der Waals surface area contributed by atoms with E-state index in [0.717, 1.165) is 31.7 Å². The van der Waals surface area contributed by atoms with Gasteiger partial charge in [0, 0.05) is 36.8 Å². The van der Waals surface area contributed by atoms with Gasteiger partial charge >= 0.3 is 0 Å². The molecule has 2 aromatic carbocycles. The summed E-state index contributed by atoms with van der Waals surface area (Å²) in [4.78, 5) is 14.8. The molecule has 0 bridgehead atoms. The third-order valence-electron chi connectivity index (χ3n) is 5.08. The number of carbonyl (C=O) groups excluding carboxylic acids is 1. The van der Waals surface area contributed by atoms with Crippen molar-refractivity contribution < 1.29 is 9.53 Å². The molecule has 0 radical (unpaired) electrons. The van der Waals surface area contributed by atoms with Crippen LogP contribution < -0.4 is 10.1 Å². The van der Waals surface area contributed by atoms with Crippen LogP contribution >= 0.6 is 11.6 Å². The molecule has 2 fully saturated rings. The van der Waals surface area contributed by atoms with Gasteiger partial charge in [-0.15, -0.1) is 0 Å². The highest BCUT2D eigenvalue weighted by atomic mass is 35.5. The Morgan fingerprint density at radius 1 is 1.12 bits per heavy atom. The molecule has 1 N–H and O–H groups in total. The average molecular weight is 357 g/mol. The number of nitrogens with one attached hydrogen (secondary N) is 1. The Morgan fingerprint density at radius 3 is 2.56 bits per heavy atom. The molecule has 130 valence electrons. The second-order valence-electron chi connectivity index (χ2n) is 6.83. The largest absolute Gasteiger partial charge is 0.489 e. The first-order chi connectivity index (χ1) is 12.2. The molecule has 4 nitrogen and oxygen atoms in total. The van der Waals surface area contributed by atoms with E-state index in [1.54, 1.807) is 0 Å². The fourth-order valence-electron chi connectivity index (χ4n) is 3.67. The maximum absolute atomic E-state index is 12.8. The molecule has 0 aliphatic carbocycles. The molecule has 0 aromatic heterocycles. The van der Waals surface area contributed by atoms with E-state index in [1.807, 2.05) is 53.4 Å². The predicted octanol–water partition coefficient (Wildman–Crippen LogP) is 3.21. The fraction of sp³-hybridized carbons (Fsp3) is 0.350. The third kappa shape index (κ3) is 3.65. The summed E-state index contributed by atoms with van der Waals surface area (Å²) < 4.78 is 5.84. The van der Waals surface area contributed by atoms with Crippen LogP contribution in [0.5, 0.6) is 5.75 Å². The van der Waals surface area contributed by atoms with Gasteiger partial charge in [-0.05, 0) is 47.7 Å². The van der Waals surface area contributed by atoms with Crippen molar-refractivity contribution in [2.75, 3.05) is 26.2 Å². The van der Waals surface area contributed by atoms with Crippen LogP contribution in [0.25, 0.3) is 0 Å². The zero-order valence-corrected chi connectivity index (χ0v) is 14.7. The summed E-state index contributed by atoms with van der Waals surface area (Å²) in [6.45, 7) is 4.21. The molecule has 2 saturated heterocycles. The Balaban J connectivity index is 1.40. The highest BCUT2D eigenvalue weighted by Gasteiger charge is 2.38. The normalized spacial score (nSPS) is 22.0. The molecular weight excluding hydrogens is 336 g/mol. The molecule has 2 atom stereocenters. The number of rotatable bonds is 4. The second-order valence-corrected chi connectivity index (χ2v) is 7.27. The van der Waals surface area contributed by atoms with E-state index >= 15 is 0 Å². The van der Waals surface area contributed by atoms with Crippen molar-refractivity contribution in [2.24, 2.45) is 11.8 Å². The van der Waals surface area contributed by atoms with Crippen molar-refractivity contribution in [1.82, 2.24) is 10.2 Å². The standard InChI is InChI=1S/C20H21ClN2O2/c21-18-6-4-14(5-7-18)13-25-19-3-1-2-15(8-19)20(24)23-11-16-9-22-10-17(16)12-23/h1-8,16-17,22H,9-13H2/t16-,17+. The molecule has 0 unspecified atom stereocenters. The van der Waals surface area contributed by atoms with E-state index in [4.69, 9.17) is 16.3 Å². The molecule has 0 spiro atoms. The molecule has 2 aliphatic heterocycles. The first-order valence-electron chi connectivity index (χ1n) is 8.66. The van der Waals surface area contributed by atoms with Crippen molar-refractivity contribution in [3.8, 4) is 5.75 Å². The van der Waals surface area contributed by atoms with Gasteiger partial charge in [-0.1, -0.05) is 29.8 Å². The Kier molecular flexibility index (Phi) is 4.64. The number of carbonyl (C=O) groups is 1. The van der Waals surface area contributed by atoms with Gasteiger partial charge in [0.15, 0.2) is 0 Å². The average Bonchev–Trinajstić information content (AvgIpc) is 3.23. The quantitative estimate of drug-likeness (QED) is 0.914. The second kappa shape index (κ2) is 7.06. The monoisotopic (exact) mass is 356 g/mol. The fourth-order valence-corrected chi connectivity index (χ4v) is 3.80. The van der Waals surface area contributed by atoms with Crippen molar-refractivity contribution in [2.45, 2.75) is 6.61 Å². The van der Waals surface area contributed by atoms with Crippen molar-refractivity contribution >= 4 is 17.5 Å². The van der Waals surface area contributed by atoms with E-state index in [0.29, 0.717) is 34.8 Å². The Bertz CT molecular complexity index is 751. The van der Waals surface area contributed by atoms with Crippen LogP contribution in [0.1, 0.15) is 15.9 Å². The molecule has 25 heavy (non-hydrogen) atoms. The van der Waals surface area contributed by atoms with Gasteiger partial charge in [0.25, 0.3) is 5.91 Å². The number of nitrogens with zero attached hydrogens (tertiary/aromatic N) is 1. The molecular formula is C20H21ClN2O2. The molecule has 0 saturated carbocycles. The minimum atomic E-state index is 0.103. The SMILES string of the molecule is O=C(c1cccc(OCc2ccc(Cl)cc2)c1)N1C[C@H]2CNC[C@H]2C1. The zero-order valence-electron chi connectivity index (χ0n) is 14.0. The number of ether oxygens (including phenoxy) is 1. The van der Waals surface area contributed by atoms with E-state index < -0.39 is 0 Å². The van der Waals surface area contributed by atoms with Gasteiger partial charge in [0.05, 0.1) is 0 Å². The van der Waals surface area contributed by atoms with Crippen LogP contribution in [0.2, 0.25) is 5.02 Å². The van der Waals surface area contributed by atoms with Gasteiger partial charge < -0.3 is 15.0 Å². The molecule has 5 heteroatoms. The number of fused-ring (bicyclic) bond motifs is 1. The number of amides is 1. The van der Waals surface area contributed by atoms with Crippen LogP contribution in [0.4, 0.5) is 0 Å². The van der Waals surface area contributed by atoms with Crippen molar-refractivity contribution in [3.63, 3.8) is 0 Å². The van der Waals surface area contributed by atoms with Gasteiger partial charge in [-0.25, -0.2) is 0 Å². The zero-order chi connectivity index (χ0) is 17.2. The predicted molar refractivity (Wildman–Crippen MR) is 98.0 cm³/mol. The lowest BCUT2D eigenvalue weighted by Crippen LogP contribution is -2.31. The lowest BCUT2D eigenvalue weighted by Gasteiger charge is -2.18. The number of halogens is 1. The lowest BCUT2D eigenvalue weighted by molar-refractivity contribution is 0.0781. The molecule has 2 aromatic rings. The van der Waals surface area contributed by atoms with Crippen LogP contribution in [-0.4, -0.2) is 37.0 Å². The minimum absolute atomic E-state index is 0.103. The summed E-state index contributed by atoms with van der Waals surface area (Å²) in [5.74, 6) is 2.02. The van der Waals surface area contributed by atoms with Crippen LogP contribution in [0.3, 0.4) is 0 Å². The summed E-state index contributed by atoms with van der Waals surface area (Å²) in [7, 11) is 0. The Hall–Kier alpha value is -2.04. The smallest absolute Gasteiger partial charge is 0.254 e. The summed E-state index contributed by atoms with van der Waals surface area (Å²) in [5, 5.41) is 4.11. The maximum Gasteiger partial charge on any atom is 0.254 e. The van der Waals surface area contributed by atoms with E-state index in [1.165, 1.54) is 0 Å². The molecule has 1 amide bonds. The lowest BCUT2D eigenvalue weighted by atomic mass is 10.0. The van der Waals surface area contributed by atoms with Gasteiger partial charge in [0.1, 0.15) is 12.4 Å². The van der Waals surface area contributed by atoms with Crippen LogP contribution in [0, 0.1) is 11.8 Å². The van der Waals surface area contributed by atoms with E-state index in [2.05, 4.69) is 5.32 Å². The molecule has 2 aliphatic rings. The van der Waals surface area contributed by atoms with E-state index in [9.17, 15) is 4.79 Å². The molecule has 4 rings (SSSR count). The number of benzene rings is 2. The van der Waals surface area contributed by atoms with Crippen molar-refractivity contribution in [3.05, 3.63) is 64.7 Å². The highest BCUT2D eigenvalue weighted by Crippen LogP contribution is 2.28. The molecule has 2 heterocycles. The van der Waals surface area contributed by atoms with Gasteiger partial charge in [-0.3, -0.25) is 4.79 Å². The minimum Gasteiger partial charge on any atom is -0.489 e. The van der Waals surface area contributed by atoms with Crippen molar-refractivity contribution in [1.29, 1.82) is 0 Å². The topological polar surface area (TPSA) is 41.6 Å². The summed E-state index contributed by atoms with van der Waals surface area (Å²) >= 11 is 5.89. The first kappa shape index (κ1) is 16.4. The number of hydrogen-bond donors (Lipinski definition) is 1. The maximum atomic E-state index is 12.8. The Morgan fingerprint density at radius 2 is 1.84 bits per heavy atom. The van der Waals surface area contributed by atoms with Gasteiger partial charge in [-0.2, -0.15) is 0 Å². The van der Waals surface area contributed by atoms with Crippen LogP contribution in [0.15, 0.2) is 48.5 Å². The highest BCUT2D eigenvalue weighted by molar-refractivity contribution is 6.30. The van der Waals surface area contributed by atoms with Crippen LogP contribution in [-0.2, 0) is 6.61 Å². The van der Waals surface area contributed by atoms with Gasteiger partial charge in [0.2, 0.25) is 0 Å². The number of hydrogen-bond acceptors (Lipinski definition) is 3. The summed E-state index contributed by atoms with van der Waals surface area (Å²) in [6, 6.07) is 15.0. The number of likely N-dealkylation sites (tertiary alicyclic amines) is 1.